The number of hydrogen-bond donors (Lipinski definition) is 1. The Kier molecular flexibility index (Phi) is 4.79. The molecule has 0 saturated carbocycles. The van der Waals surface area contributed by atoms with Gasteiger partial charge < -0.3 is 10.2 Å². The second kappa shape index (κ2) is 6.92. The zero-order chi connectivity index (χ0) is 18.3. The van der Waals surface area contributed by atoms with Crippen LogP contribution < -0.4 is 9.30 Å². The maximum atomic E-state index is 11.9. The van der Waals surface area contributed by atoms with E-state index in [1.807, 2.05) is 36.4 Å². The molecule has 7 nitrogen and oxygen atoms in total. The van der Waals surface area contributed by atoms with E-state index in [1.165, 1.54) is 6.07 Å². The van der Waals surface area contributed by atoms with Crippen molar-refractivity contribution in [2.75, 3.05) is 7.11 Å². The van der Waals surface area contributed by atoms with Crippen molar-refractivity contribution in [3.8, 4) is 11.4 Å². The molecule has 0 spiro atoms. The van der Waals surface area contributed by atoms with Crippen LogP contribution >= 0.6 is 0 Å². The first kappa shape index (κ1) is 18.7. The molecule has 27 heavy (non-hydrogen) atoms. The Hall–Kier alpha value is -3.07. The van der Waals surface area contributed by atoms with Crippen LogP contribution in [0.25, 0.3) is 27.8 Å². The van der Waals surface area contributed by atoms with E-state index in [-0.39, 0.29) is 10.4 Å². The number of aromatic nitrogens is 2. The molecule has 0 unspecified atom stereocenters. The topological polar surface area (TPSA) is 110 Å². The number of benzene rings is 3. The first-order chi connectivity index (χ1) is 12.5. The summed E-state index contributed by atoms with van der Waals surface area (Å²) in [5.74, 6) is 0.575. The van der Waals surface area contributed by atoms with Gasteiger partial charge in [0, 0.05) is 18.2 Å². The molecule has 2 N–H and O–H groups in total. The van der Waals surface area contributed by atoms with Crippen LogP contribution in [0.5, 0.6) is 5.75 Å². The van der Waals surface area contributed by atoms with Crippen molar-refractivity contribution in [1.82, 2.24) is 4.98 Å². The van der Waals surface area contributed by atoms with Gasteiger partial charge in [0.05, 0.1) is 7.11 Å². The summed E-state index contributed by atoms with van der Waals surface area (Å²) < 4.78 is 40.7. The van der Waals surface area contributed by atoms with Crippen molar-refractivity contribution >= 4 is 32.2 Å². The van der Waals surface area contributed by atoms with E-state index in [0.29, 0.717) is 33.5 Å². The van der Waals surface area contributed by atoms with E-state index in [2.05, 4.69) is 4.98 Å². The summed E-state index contributed by atoms with van der Waals surface area (Å²) in [5.41, 5.74) is 2.99. The molecule has 0 saturated heterocycles. The number of fused-ring (bicyclic) bond motifs is 2. The molecule has 0 aliphatic rings. The fourth-order valence-electron chi connectivity index (χ4n) is 3.09. The number of ether oxygens (including phenoxy) is 1. The fraction of sp³-hybridized carbons (Fsp3) is 0.0526. The van der Waals surface area contributed by atoms with Gasteiger partial charge in [-0.2, -0.15) is 8.42 Å². The van der Waals surface area contributed by atoms with Crippen LogP contribution in [0.3, 0.4) is 0 Å². The molecule has 0 atom stereocenters. The molecular weight excluding hydrogens is 368 g/mol. The molecule has 1 aromatic heterocycles. The van der Waals surface area contributed by atoms with E-state index in [1.54, 1.807) is 35.9 Å². The van der Waals surface area contributed by atoms with E-state index in [9.17, 15) is 13.0 Å². The Labute approximate surface area is 155 Å². The van der Waals surface area contributed by atoms with Crippen molar-refractivity contribution in [1.29, 1.82) is 0 Å². The van der Waals surface area contributed by atoms with Crippen molar-refractivity contribution in [2.24, 2.45) is 0 Å². The summed E-state index contributed by atoms with van der Waals surface area (Å²) in [6, 6.07) is 19.1. The number of rotatable bonds is 3. The van der Waals surface area contributed by atoms with E-state index < -0.39 is 10.1 Å². The van der Waals surface area contributed by atoms with Gasteiger partial charge >= 0.3 is 10.1 Å². The minimum atomic E-state index is -4.41. The summed E-state index contributed by atoms with van der Waals surface area (Å²) in [5, 5.41) is 0. The maximum absolute atomic E-state index is 11.9. The third-order valence-electron chi connectivity index (χ3n) is 4.18. The number of para-hydroxylation sites is 4. The lowest BCUT2D eigenvalue weighted by Crippen LogP contribution is -2.35. The molecule has 0 amide bonds. The summed E-state index contributed by atoms with van der Waals surface area (Å²) in [4.78, 5) is 4.49. The SMILES string of the molecule is COc1cccc2c1nc1ccccc1[n+]2-c1ccccc1S(=O)(=O)O.[OH-]. The van der Waals surface area contributed by atoms with Crippen LogP contribution in [0.4, 0.5) is 0 Å². The van der Waals surface area contributed by atoms with Gasteiger partial charge in [0.15, 0.2) is 16.2 Å². The largest absolute Gasteiger partial charge is 0.870 e. The normalized spacial score (nSPS) is 11.3. The number of methoxy groups -OCH3 is 1. The standard InChI is InChI=1S/C19H14N2O4S.H2O/c1-25-17-11-6-10-16-19(17)20-13-7-2-3-8-14(13)21(16)15-9-4-5-12-18(15)26(22,23)24;/h2-12H,1H3;1H2. The average Bonchev–Trinajstić information content (AvgIpc) is 2.65. The third-order valence-corrected chi connectivity index (χ3v) is 5.08. The number of hydrogen-bond acceptors (Lipinski definition) is 5. The van der Waals surface area contributed by atoms with Gasteiger partial charge in [-0.1, -0.05) is 30.3 Å². The Balaban J connectivity index is 0.00000210. The van der Waals surface area contributed by atoms with Crippen molar-refractivity contribution < 1.29 is 27.8 Å². The molecule has 8 heteroatoms. The van der Waals surface area contributed by atoms with Gasteiger partial charge in [0.2, 0.25) is 16.7 Å². The highest BCUT2D eigenvalue weighted by molar-refractivity contribution is 7.86. The van der Waals surface area contributed by atoms with E-state index in [4.69, 9.17) is 4.74 Å². The van der Waals surface area contributed by atoms with Crippen LogP contribution in [0.1, 0.15) is 0 Å². The van der Waals surface area contributed by atoms with Crippen LogP contribution in [-0.4, -0.2) is 30.5 Å². The molecule has 0 fully saturated rings. The predicted octanol–water partition coefficient (Wildman–Crippen LogP) is 2.74. The highest BCUT2D eigenvalue weighted by Crippen LogP contribution is 2.26. The Bertz CT molecular complexity index is 1260. The molecule has 138 valence electrons. The van der Waals surface area contributed by atoms with Gasteiger partial charge in [-0.05, 0) is 18.2 Å². The minimum absolute atomic E-state index is 0. The van der Waals surface area contributed by atoms with Crippen molar-refractivity contribution in [3.05, 3.63) is 66.7 Å². The fourth-order valence-corrected chi connectivity index (χ4v) is 3.76. The van der Waals surface area contributed by atoms with Crippen LogP contribution in [0, 0.1) is 0 Å². The van der Waals surface area contributed by atoms with Crippen LogP contribution in [-0.2, 0) is 10.1 Å². The van der Waals surface area contributed by atoms with Gasteiger partial charge in [0.1, 0.15) is 5.52 Å². The van der Waals surface area contributed by atoms with Gasteiger partial charge in [-0.15, -0.1) is 4.57 Å². The number of nitrogens with zero attached hydrogens (tertiary/aromatic N) is 2. The van der Waals surface area contributed by atoms with E-state index >= 15 is 0 Å². The monoisotopic (exact) mass is 384 g/mol. The van der Waals surface area contributed by atoms with Crippen molar-refractivity contribution in [2.45, 2.75) is 4.90 Å². The summed E-state index contributed by atoms with van der Waals surface area (Å²) in [6.45, 7) is 0. The maximum Gasteiger partial charge on any atom is 0.301 e. The van der Waals surface area contributed by atoms with Crippen LogP contribution in [0.2, 0.25) is 0 Å². The lowest BCUT2D eigenvalue weighted by molar-refractivity contribution is -0.541. The average molecular weight is 384 g/mol. The Morgan fingerprint density at radius 3 is 2.33 bits per heavy atom. The smallest absolute Gasteiger partial charge is 0.301 e. The van der Waals surface area contributed by atoms with Crippen molar-refractivity contribution in [3.63, 3.8) is 0 Å². The zero-order valence-electron chi connectivity index (χ0n) is 14.3. The Morgan fingerprint density at radius 1 is 0.926 bits per heavy atom. The summed E-state index contributed by atoms with van der Waals surface area (Å²) in [6.07, 6.45) is 0. The summed E-state index contributed by atoms with van der Waals surface area (Å²) >= 11 is 0. The van der Waals surface area contributed by atoms with Crippen LogP contribution in [0.15, 0.2) is 71.6 Å². The molecule has 0 aliphatic heterocycles. The molecule has 3 aromatic carbocycles. The van der Waals surface area contributed by atoms with Gasteiger partial charge in [0.25, 0.3) is 0 Å². The molecular formula is C19H16N2O5S. The van der Waals surface area contributed by atoms with Gasteiger partial charge in [-0.25, -0.2) is 4.98 Å². The molecule has 4 aromatic rings. The second-order valence-corrected chi connectivity index (χ2v) is 7.10. The summed E-state index contributed by atoms with van der Waals surface area (Å²) in [7, 11) is -2.85. The van der Waals surface area contributed by atoms with E-state index in [0.717, 1.165) is 0 Å². The Morgan fingerprint density at radius 2 is 1.59 bits per heavy atom. The molecule has 1 heterocycles. The zero-order valence-corrected chi connectivity index (χ0v) is 15.1. The quantitative estimate of drug-likeness (QED) is 0.330. The van der Waals surface area contributed by atoms with Gasteiger partial charge in [-0.3, -0.25) is 4.55 Å². The lowest BCUT2D eigenvalue weighted by Gasteiger charge is -2.09. The third kappa shape index (κ3) is 3.10. The lowest BCUT2D eigenvalue weighted by atomic mass is 10.2. The predicted molar refractivity (Wildman–Crippen MR) is 99.1 cm³/mol. The minimum Gasteiger partial charge on any atom is -0.870 e. The molecule has 4 rings (SSSR count). The highest BCUT2D eigenvalue weighted by atomic mass is 32.2. The molecule has 0 bridgehead atoms. The second-order valence-electron chi connectivity index (χ2n) is 5.71. The highest BCUT2D eigenvalue weighted by Gasteiger charge is 2.27. The molecule has 0 aliphatic carbocycles. The first-order valence-corrected chi connectivity index (χ1v) is 9.29. The molecule has 0 radical (unpaired) electrons. The first-order valence-electron chi connectivity index (χ1n) is 7.85.